The van der Waals surface area contributed by atoms with Gasteiger partial charge in [-0.25, -0.2) is 0 Å². The normalized spacial score (nSPS) is 23.0. The third kappa shape index (κ3) is 4.07. The monoisotopic (exact) mass is 427 g/mol. The predicted octanol–water partition coefficient (Wildman–Crippen LogP) is 2.48. The molecule has 2 heterocycles. The van der Waals surface area contributed by atoms with Crippen molar-refractivity contribution >= 4 is 17.7 Å². The van der Waals surface area contributed by atoms with Gasteiger partial charge in [0.1, 0.15) is 11.8 Å². The Hall–Kier alpha value is -2.41. The van der Waals surface area contributed by atoms with Crippen LogP contribution in [0, 0.1) is 12.8 Å². The first kappa shape index (κ1) is 21.8. The molecular formula is C24H33N3O4. The van der Waals surface area contributed by atoms with E-state index in [1.54, 1.807) is 11.0 Å². The molecule has 0 bridgehead atoms. The Morgan fingerprint density at radius 1 is 1.16 bits per heavy atom. The van der Waals surface area contributed by atoms with E-state index in [-0.39, 0.29) is 30.2 Å². The first-order valence-electron chi connectivity index (χ1n) is 11.6. The lowest BCUT2D eigenvalue weighted by atomic mass is 9.83. The van der Waals surface area contributed by atoms with Gasteiger partial charge >= 0.3 is 0 Å². The average molecular weight is 428 g/mol. The molecular weight excluding hydrogens is 394 g/mol. The maximum Gasteiger partial charge on any atom is 0.257 e. The van der Waals surface area contributed by atoms with Gasteiger partial charge in [0.25, 0.3) is 5.91 Å². The molecule has 1 atom stereocenters. The molecule has 3 aliphatic rings. The second-order valence-corrected chi connectivity index (χ2v) is 9.01. The second-order valence-electron chi connectivity index (χ2n) is 9.01. The minimum Gasteiger partial charge on any atom is -0.354 e. The number of piperidine rings is 1. The fourth-order valence-electron chi connectivity index (χ4n) is 4.87. The van der Waals surface area contributed by atoms with Gasteiger partial charge in [-0.05, 0) is 37.8 Å². The molecule has 1 aromatic carbocycles. The fraction of sp³-hybridized carbons (Fsp3) is 0.625. The number of aryl methyl sites for hydroxylation is 1. The Labute approximate surface area is 184 Å². The summed E-state index contributed by atoms with van der Waals surface area (Å²) in [5.41, 5.74) is 0.623. The lowest BCUT2D eigenvalue weighted by Gasteiger charge is -2.45. The molecule has 0 radical (unpaired) electrons. The third-order valence-electron chi connectivity index (χ3n) is 7.02. The van der Waals surface area contributed by atoms with E-state index in [0.717, 1.165) is 31.2 Å². The van der Waals surface area contributed by atoms with Crippen LogP contribution in [0.1, 0.15) is 61.4 Å². The lowest BCUT2D eigenvalue weighted by molar-refractivity contribution is -0.149. The van der Waals surface area contributed by atoms with Gasteiger partial charge in [-0.15, -0.1) is 0 Å². The van der Waals surface area contributed by atoms with Gasteiger partial charge in [-0.1, -0.05) is 31.5 Å². The minimum atomic E-state index is -0.843. The molecule has 3 fully saturated rings. The van der Waals surface area contributed by atoms with Crippen molar-refractivity contribution in [3.8, 4) is 0 Å². The van der Waals surface area contributed by atoms with E-state index in [1.807, 2.05) is 36.9 Å². The molecule has 7 nitrogen and oxygen atoms in total. The van der Waals surface area contributed by atoms with E-state index < -0.39 is 11.8 Å². The Kier molecular flexibility index (Phi) is 6.32. The Bertz CT molecular complexity index is 843. The van der Waals surface area contributed by atoms with E-state index in [2.05, 4.69) is 5.32 Å². The highest BCUT2D eigenvalue weighted by Crippen LogP contribution is 2.40. The summed E-state index contributed by atoms with van der Waals surface area (Å²) in [6.07, 6.45) is 4.98. The number of rotatable bonds is 5. The van der Waals surface area contributed by atoms with Crippen LogP contribution in [0.3, 0.4) is 0 Å². The van der Waals surface area contributed by atoms with Crippen LogP contribution in [0.4, 0.5) is 0 Å². The van der Waals surface area contributed by atoms with Crippen molar-refractivity contribution in [2.75, 3.05) is 26.2 Å². The second kappa shape index (κ2) is 8.99. The summed E-state index contributed by atoms with van der Waals surface area (Å²) in [6, 6.07) is 6.80. The summed E-state index contributed by atoms with van der Waals surface area (Å²) >= 11 is 0. The molecule has 3 amide bonds. The zero-order chi connectivity index (χ0) is 22.0. The molecule has 1 aromatic rings. The minimum absolute atomic E-state index is 0.163. The number of likely N-dealkylation sites (tertiary alicyclic amines) is 1. The van der Waals surface area contributed by atoms with Crippen molar-refractivity contribution in [2.24, 2.45) is 5.92 Å². The summed E-state index contributed by atoms with van der Waals surface area (Å²) in [4.78, 5) is 42.9. The lowest BCUT2D eigenvalue weighted by Crippen LogP contribution is -2.60. The maximum absolute atomic E-state index is 13.7. The number of benzene rings is 1. The van der Waals surface area contributed by atoms with Crippen LogP contribution in [0.2, 0.25) is 0 Å². The van der Waals surface area contributed by atoms with Crippen molar-refractivity contribution in [3.63, 3.8) is 0 Å². The van der Waals surface area contributed by atoms with Crippen molar-refractivity contribution < 1.29 is 19.1 Å². The quantitative estimate of drug-likeness (QED) is 0.783. The molecule has 2 aliphatic heterocycles. The zero-order valence-corrected chi connectivity index (χ0v) is 18.6. The van der Waals surface area contributed by atoms with Crippen molar-refractivity contribution in [3.05, 3.63) is 35.4 Å². The van der Waals surface area contributed by atoms with Crippen molar-refractivity contribution in [1.29, 1.82) is 0 Å². The molecule has 1 unspecified atom stereocenters. The molecule has 1 N–H and O–H groups in total. The third-order valence-corrected chi connectivity index (χ3v) is 7.02. The maximum atomic E-state index is 13.7. The molecule has 1 aliphatic carbocycles. The number of nitrogens with zero attached hydrogens (tertiary/aromatic N) is 2. The molecule has 7 heteroatoms. The average Bonchev–Trinajstić information content (AvgIpc) is 3.09. The predicted molar refractivity (Wildman–Crippen MR) is 116 cm³/mol. The zero-order valence-electron chi connectivity index (χ0n) is 18.6. The Morgan fingerprint density at radius 2 is 1.87 bits per heavy atom. The van der Waals surface area contributed by atoms with E-state index in [9.17, 15) is 14.4 Å². The van der Waals surface area contributed by atoms with E-state index in [4.69, 9.17) is 4.74 Å². The van der Waals surface area contributed by atoms with Crippen LogP contribution >= 0.6 is 0 Å². The highest BCUT2D eigenvalue weighted by Gasteiger charge is 2.54. The van der Waals surface area contributed by atoms with Gasteiger partial charge in [-0.3, -0.25) is 19.3 Å². The van der Waals surface area contributed by atoms with Crippen LogP contribution in [0.25, 0.3) is 0 Å². The highest BCUT2D eigenvalue weighted by atomic mass is 16.5. The highest BCUT2D eigenvalue weighted by molar-refractivity contribution is 5.99. The van der Waals surface area contributed by atoms with E-state index in [1.165, 1.54) is 0 Å². The molecule has 1 spiro atoms. The molecule has 0 aromatic heterocycles. The van der Waals surface area contributed by atoms with Gasteiger partial charge in [0.2, 0.25) is 11.8 Å². The number of hydrogen-bond donors (Lipinski definition) is 1. The molecule has 168 valence electrons. The van der Waals surface area contributed by atoms with E-state index >= 15 is 0 Å². The molecule has 4 rings (SSSR count). The summed E-state index contributed by atoms with van der Waals surface area (Å²) in [7, 11) is 0. The van der Waals surface area contributed by atoms with Crippen LogP contribution < -0.4 is 5.32 Å². The van der Waals surface area contributed by atoms with Crippen molar-refractivity contribution in [1.82, 2.24) is 15.1 Å². The van der Waals surface area contributed by atoms with Gasteiger partial charge in [0, 0.05) is 44.0 Å². The first-order chi connectivity index (χ1) is 15.0. The standard InChI is InChI=1S/C24H33N3O4/c1-3-13-25-21(28)20-16-31-24(27(20)23(30)19-10-5-4-7-17(19)2)11-14-26(15-12-24)22(29)18-8-6-9-18/h4-5,7,10,18,20H,3,6,8-9,11-16H2,1-2H3,(H,25,28). The van der Waals surface area contributed by atoms with Crippen LogP contribution in [-0.2, 0) is 14.3 Å². The largest absolute Gasteiger partial charge is 0.354 e. The molecule has 31 heavy (non-hydrogen) atoms. The fourth-order valence-corrected chi connectivity index (χ4v) is 4.87. The number of ether oxygens (including phenoxy) is 1. The summed E-state index contributed by atoms with van der Waals surface area (Å²) in [5, 5.41) is 2.93. The Morgan fingerprint density at radius 3 is 2.48 bits per heavy atom. The number of nitrogens with one attached hydrogen (secondary N) is 1. The number of hydrogen-bond acceptors (Lipinski definition) is 4. The molecule has 1 saturated carbocycles. The van der Waals surface area contributed by atoms with Crippen LogP contribution in [0.15, 0.2) is 24.3 Å². The smallest absolute Gasteiger partial charge is 0.257 e. The van der Waals surface area contributed by atoms with Gasteiger partial charge in [-0.2, -0.15) is 0 Å². The Balaban J connectivity index is 1.57. The number of amides is 3. The number of carbonyl (C=O) groups excluding carboxylic acids is 3. The summed E-state index contributed by atoms with van der Waals surface area (Å²) in [5.74, 6) is 0.0450. The molecule has 2 saturated heterocycles. The number of carbonyl (C=O) groups is 3. The van der Waals surface area contributed by atoms with Crippen LogP contribution in [0.5, 0.6) is 0 Å². The topological polar surface area (TPSA) is 79.0 Å². The van der Waals surface area contributed by atoms with Gasteiger partial charge in [0.15, 0.2) is 0 Å². The first-order valence-corrected chi connectivity index (χ1v) is 11.6. The summed E-state index contributed by atoms with van der Waals surface area (Å²) < 4.78 is 6.23. The van der Waals surface area contributed by atoms with Crippen molar-refractivity contribution in [2.45, 2.75) is 64.1 Å². The van der Waals surface area contributed by atoms with Gasteiger partial charge < -0.3 is 15.0 Å². The van der Waals surface area contributed by atoms with Gasteiger partial charge in [0.05, 0.1) is 6.61 Å². The van der Waals surface area contributed by atoms with E-state index in [0.29, 0.717) is 38.0 Å². The SMILES string of the molecule is CCCNC(=O)C1COC2(CCN(C(=O)C3CCC3)CC2)N1C(=O)c1ccccc1C. The summed E-state index contributed by atoms with van der Waals surface area (Å²) in [6.45, 7) is 5.76. The van der Waals surface area contributed by atoms with Crippen LogP contribution in [-0.4, -0.2) is 65.5 Å².